The van der Waals surface area contributed by atoms with Crippen molar-refractivity contribution in [2.45, 2.75) is 45.6 Å². The largest absolute Gasteiger partial charge is 0.359 e. The van der Waals surface area contributed by atoms with E-state index in [0.717, 1.165) is 22.6 Å². The number of rotatable bonds is 2. The Morgan fingerprint density at radius 3 is 2.63 bits per heavy atom. The van der Waals surface area contributed by atoms with Gasteiger partial charge in [0.25, 0.3) is 0 Å². The SMILES string of the molecule is Cc1ccc(NC(=S)N[C@@H]2C[C@H]3CC[C@H]2C3)cc1C. The minimum atomic E-state index is 0.602. The molecular weight excluding hydrogens is 252 g/mol. The molecule has 102 valence electrons. The van der Waals surface area contributed by atoms with E-state index in [-0.39, 0.29) is 0 Å². The summed E-state index contributed by atoms with van der Waals surface area (Å²) in [6.07, 6.45) is 5.53. The topological polar surface area (TPSA) is 24.1 Å². The molecule has 3 atom stereocenters. The van der Waals surface area contributed by atoms with Gasteiger partial charge in [0.1, 0.15) is 0 Å². The quantitative estimate of drug-likeness (QED) is 0.803. The fourth-order valence-electron chi connectivity index (χ4n) is 3.58. The molecule has 1 aromatic carbocycles. The average molecular weight is 274 g/mol. The molecular formula is C16H22N2S. The van der Waals surface area contributed by atoms with E-state index in [9.17, 15) is 0 Å². The van der Waals surface area contributed by atoms with Crippen LogP contribution in [0.4, 0.5) is 5.69 Å². The Kier molecular flexibility index (Phi) is 3.48. The summed E-state index contributed by atoms with van der Waals surface area (Å²) >= 11 is 5.44. The summed E-state index contributed by atoms with van der Waals surface area (Å²) in [7, 11) is 0. The summed E-state index contributed by atoms with van der Waals surface area (Å²) in [5.41, 5.74) is 3.70. The van der Waals surface area contributed by atoms with Gasteiger partial charge in [0.2, 0.25) is 0 Å². The van der Waals surface area contributed by atoms with Gasteiger partial charge in [-0.25, -0.2) is 0 Å². The summed E-state index contributed by atoms with van der Waals surface area (Å²) in [5, 5.41) is 7.61. The summed E-state index contributed by atoms with van der Waals surface area (Å²) in [5.74, 6) is 1.80. The number of anilines is 1. The normalized spacial score (nSPS) is 28.4. The first-order chi connectivity index (χ1) is 9.11. The van der Waals surface area contributed by atoms with Crippen LogP contribution in [0.3, 0.4) is 0 Å². The lowest BCUT2D eigenvalue weighted by Gasteiger charge is -2.24. The highest BCUT2D eigenvalue weighted by atomic mass is 32.1. The third-order valence-corrected chi connectivity index (χ3v) is 5.04. The Labute approximate surface area is 121 Å². The zero-order valence-electron chi connectivity index (χ0n) is 11.7. The molecule has 0 aliphatic heterocycles. The molecule has 3 heteroatoms. The number of hydrogen-bond acceptors (Lipinski definition) is 1. The third-order valence-electron chi connectivity index (χ3n) is 4.82. The van der Waals surface area contributed by atoms with E-state index >= 15 is 0 Å². The average Bonchev–Trinajstić information content (AvgIpc) is 2.96. The van der Waals surface area contributed by atoms with Gasteiger partial charge < -0.3 is 10.6 Å². The van der Waals surface area contributed by atoms with Gasteiger partial charge in [-0.3, -0.25) is 0 Å². The smallest absolute Gasteiger partial charge is 0.171 e. The highest BCUT2D eigenvalue weighted by molar-refractivity contribution is 7.80. The lowest BCUT2D eigenvalue weighted by Crippen LogP contribution is -2.40. The van der Waals surface area contributed by atoms with Gasteiger partial charge in [0.15, 0.2) is 5.11 Å². The van der Waals surface area contributed by atoms with Crippen LogP contribution in [-0.4, -0.2) is 11.2 Å². The van der Waals surface area contributed by atoms with E-state index in [4.69, 9.17) is 12.2 Å². The monoisotopic (exact) mass is 274 g/mol. The molecule has 1 aromatic rings. The van der Waals surface area contributed by atoms with Crippen molar-refractivity contribution in [1.29, 1.82) is 0 Å². The molecule has 0 spiro atoms. The van der Waals surface area contributed by atoms with E-state index in [1.54, 1.807) is 0 Å². The summed E-state index contributed by atoms with van der Waals surface area (Å²) in [6.45, 7) is 4.26. The maximum absolute atomic E-state index is 5.44. The molecule has 0 heterocycles. The van der Waals surface area contributed by atoms with Gasteiger partial charge in [-0.15, -0.1) is 0 Å². The van der Waals surface area contributed by atoms with Crippen molar-refractivity contribution in [2.75, 3.05) is 5.32 Å². The fraction of sp³-hybridized carbons (Fsp3) is 0.562. The molecule has 0 saturated heterocycles. The Bertz CT molecular complexity index is 498. The molecule has 2 bridgehead atoms. The van der Waals surface area contributed by atoms with E-state index in [1.807, 2.05) is 0 Å². The van der Waals surface area contributed by atoms with Crippen molar-refractivity contribution in [2.24, 2.45) is 11.8 Å². The van der Waals surface area contributed by atoms with Crippen LogP contribution < -0.4 is 10.6 Å². The summed E-state index contributed by atoms with van der Waals surface area (Å²) < 4.78 is 0. The second kappa shape index (κ2) is 5.12. The predicted molar refractivity (Wildman–Crippen MR) is 84.5 cm³/mol. The highest BCUT2D eigenvalue weighted by Crippen LogP contribution is 2.44. The molecule has 0 radical (unpaired) electrons. The molecule has 0 aromatic heterocycles. The zero-order valence-corrected chi connectivity index (χ0v) is 12.5. The van der Waals surface area contributed by atoms with Crippen molar-refractivity contribution in [3.63, 3.8) is 0 Å². The first-order valence-corrected chi connectivity index (χ1v) is 7.67. The maximum Gasteiger partial charge on any atom is 0.171 e. The van der Waals surface area contributed by atoms with E-state index < -0.39 is 0 Å². The zero-order chi connectivity index (χ0) is 13.4. The standard InChI is InChI=1S/C16H22N2S/c1-10-3-6-14(7-11(10)2)17-16(19)18-15-9-12-4-5-13(15)8-12/h3,6-7,12-13,15H,4-5,8-9H2,1-2H3,(H2,17,18,19)/t12-,13-,15+/m0/s1. The first-order valence-electron chi connectivity index (χ1n) is 7.26. The van der Waals surface area contributed by atoms with Crippen LogP contribution in [0.1, 0.15) is 36.8 Å². The number of fused-ring (bicyclic) bond motifs is 2. The predicted octanol–water partition coefficient (Wildman–Crippen LogP) is 3.78. The fourth-order valence-corrected chi connectivity index (χ4v) is 3.85. The minimum absolute atomic E-state index is 0.602. The Morgan fingerprint density at radius 1 is 1.16 bits per heavy atom. The van der Waals surface area contributed by atoms with Crippen molar-refractivity contribution in [3.8, 4) is 0 Å². The number of hydrogen-bond donors (Lipinski definition) is 2. The van der Waals surface area contributed by atoms with E-state index in [2.05, 4.69) is 42.7 Å². The Balaban J connectivity index is 1.57. The maximum atomic E-state index is 5.44. The van der Waals surface area contributed by atoms with Crippen molar-refractivity contribution < 1.29 is 0 Å². The van der Waals surface area contributed by atoms with Gasteiger partial charge in [-0.05, 0) is 80.4 Å². The Morgan fingerprint density at radius 2 is 2.00 bits per heavy atom. The van der Waals surface area contributed by atoms with Crippen molar-refractivity contribution >= 4 is 23.0 Å². The molecule has 2 aliphatic carbocycles. The van der Waals surface area contributed by atoms with Gasteiger partial charge in [-0.1, -0.05) is 12.5 Å². The molecule has 2 nitrogen and oxygen atoms in total. The van der Waals surface area contributed by atoms with Gasteiger partial charge in [0, 0.05) is 11.7 Å². The van der Waals surface area contributed by atoms with Crippen LogP contribution in [0.5, 0.6) is 0 Å². The van der Waals surface area contributed by atoms with Gasteiger partial charge in [-0.2, -0.15) is 0 Å². The molecule has 2 fully saturated rings. The highest BCUT2D eigenvalue weighted by Gasteiger charge is 2.39. The van der Waals surface area contributed by atoms with Crippen LogP contribution in [0, 0.1) is 25.7 Å². The van der Waals surface area contributed by atoms with Gasteiger partial charge >= 0.3 is 0 Å². The first kappa shape index (κ1) is 12.9. The second-order valence-electron chi connectivity index (χ2n) is 6.18. The van der Waals surface area contributed by atoms with Gasteiger partial charge in [0.05, 0.1) is 0 Å². The molecule has 0 amide bonds. The van der Waals surface area contributed by atoms with Crippen molar-refractivity contribution in [1.82, 2.24) is 5.32 Å². The minimum Gasteiger partial charge on any atom is -0.359 e. The summed E-state index contributed by atoms with van der Waals surface area (Å²) in [6, 6.07) is 6.99. The lowest BCUT2D eigenvalue weighted by atomic mass is 9.95. The number of nitrogens with one attached hydrogen (secondary N) is 2. The van der Waals surface area contributed by atoms with Crippen molar-refractivity contribution in [3.05, 3.63) is 29.3 Å². The molecule has 0 unspecified atom stereocenters. The number of benzene rings is 1. The van der Waals surface area contributed by atoms with Crippen LogP contribution >= 0.6 is 12.2 Å². The van der Waals surface area contributed by atoms with Crippen LogP contribution in [0.2, 0.25) is 0 Å². The van der Waals surface area contributed by atoms with Crippen LogP contribution in [0.25, 0.3) is 0 Å². The van der Waals surface area contributed by atoms with E-state index in [1.165, 1.54) is 36.8 Å². The molecule has 3 rings (SSSR count). The second-order valence-corrected chi connectivity index (χ2v) is 6.59. The van der Waals surface area contributed by atoms with Crippen LogP contribution in [0.15, 0.2) is 18.2 Å². The third kappa shape index (κ3) is 2.76. The number of aryl methyl sites for hydroxylation is 2. The molecule has 2 saturated carbocycles. The molecule has 19 heavy (non-hydrogen) atoms. The Hall–Kier alpha value is -1.09. The molecule has 2 aliphatic rings. The number of thiocarbonyl (C=S) groups is 1. The molecule has 2 N–H and O–H groups in total. The summed E-state index contributed by atoms with van der Waals surface area (Å²) in [4.78, 5) is 0. The van der Waals surface area contributed by atoms with E-state index in [0.29, 0.717) is 6.04 Å². The van der Waals surface area contributed by atoms with Crippen LogP contribution in [-0.2, 0) is 0 Å². The lowest BCUT2D eigenvalue weighted by molar-refractivity contribution is 0.392.